The van der Waals surface area contributed by atoms with Crippen molar-refractivity contribution in [2.24, 2.45) is 0 Å². The number of fused-ring (bicyclic) bond motifs is 1. The predicted octanol–water partition coefficient (Wildman–Crippen LogP) is 3.67. The van der Waals surface area contributed by atoms with Gasteiger partial charge in [0.15, 0.2) is 5.60 Å². The number of nitrogens with zero attached hydrogens (tertiary/aromatic N) is 1. The maximum Gasteiger partial charge on any atom is 0.339 e. The van der Waals surface area contributed by atoms with Crippen molar-refractivity contribution in [2.45, 2.75) is 25.9 Å². The van der Waals surface area contributed by atoms with Crippen molar-refractivity contribution in [1.82, 2.24) is 0 Å². The van der Waals surface area contributed by atoms with Crippen molar-refractivity contribution in [3.05, 3.63) is 68.2 Å². The molecule has 1 unspecified atom stereocenters. The molecule has 1 N–H and O–H groups in total. The van der Waals surface area contributed by atoms with Crippen molar-refractivity contribution in [1.29, 1.82) is 0 Å². The summed E-state index contributed by atoms with van der Waals surface area (Å²) >= 11 is 5.97. The van der Waals surface area contributed by atoms with Gasteiger partial charge in [0.05, 0.1) is 10.5 Å². The molecule has 1 heterocycles. The van der Waals surface area contributed by atoms with Crippen molar-refractivity contribution >= 4 is 34.9 Å². The molecular formula is C18H15ClN2O5. The van der Waals surface area contributed by atoms with Crippen LogP contribution in [0.5, 0.6) is 0 Å². The number of nitrogens with one attached hydrogen (secondary N) is 1. The highest BCUT2D eigenvalue weighted by Crippen LogP contribution is 2.32. The van der Waals surface area contributed by atoms with E-state index < -0.39 is 22.4 Å². The van der Waals surface area contributed by atoms with Gasteiger partial charge in [-0.15, -0.1) is 0 Å². The van der Waals surface area contributed by atoms with Crippen LogP contribution in [0.15, 0.2) is 36.4 Å². The third-order valence-corrected chi connectivity index (χ3v) is 4.45. The molecule has 2 aromatic rings. The Kier molecular flexibility index (Phi) is 4.41. The van der Waals surface area contributed by atoms with Gasteiger partial charge < -0.3 is 10.1 Å². The molecule has 0 radical (unpaired) electrons. The second-order valence-electron chi connectivity index (χ2n) is 6.33. The molecule has 134 valence electrons. The minimum absolute atomic E-state index is 0.0414. The average Bonchev–Trinajstić information content (AvgIpc) is 2.55. The molecule has 7 nitrogen and oxygen atoms in total. The van der Waals surface area contributed by atoms with Gasteiger partial charge in [0.1, 0.15) is 5.69 Å². The largest absolute Gasteiger partial charge is 0.445 e. The van der Waals surface area contributed by atoms with E-state index in [-0.39, 0.29) is 17.8 Å². The van der Waals surface area contributed by atoms with Gasteiger partial charge in [0, 0.05) is 17.5 Å². The van der Waals surface area contributed by atoms with E-state index in [9.17, 15) is 19.7 Å². The SMILES string of the molecule is Cc1ccc(NC(=O)C2(C)Cc3cc(Cl)ccc3C(=O)O2)c([N+](=O)[O-])c1. The Morgan fingerprint density at radius 3 is 2.73 bits per heavy atom. The van der Waals surface area contributed by atoms with Gasteiger partial charge in [-0.2, -0.15) is 0 Å². The van der Waals surface area contributed by atoms with Crippen LogP contribution >= 0.6 is 11.6 Å². The first-order valence-electron chi connectivity index (χ1n) is 7.78. The molecular weight excluding hydrogens is 360 g/mol. The molecule has 26 heavy (non-hydrogen) atoms. The van der Waals surface area contributed by atoms with E-state index in [1.54, 1.807) is 31.2 Å². The number of rotatable bonds is 3. The van der Waals surface area contributed by atoms with E-state index in [1.807, 2.05) is 0 Å². The Morgan fingerprint density at radius 1 is 1.31 bits per heavy atom. The summed E-state index contributed by atoms with van der Waals surface area (Å²) in [6, 6.07) is 9.18. The molecule has 0 fully saturated rings. The lowest BCUT2D eigenvalue weighted by atomic mass is 9.89. The minimum atomic E-state index is -1.51. The topological polar surface area (TPSA) is 98.5 Å². The third-order valence-electron chi connectivity index (χ3n) is 4.21. The van der Waals surface area contributed by atoms with Crippen LogP contribution in [-0.4, -0.2) is 22.4 Å². The second kappa shape index (κ2) is 6.42. The van der Waals surface area contributed by atoms with Gasteiger partial charge in [0.25, 0.3) is 11.6 Å². The molecule has 0 aliphatic carbocycles. The van der Waals surface area contributed by atoms with Crippen molar-refractivity contribution in [3.8, 4) is 0 Å². The summed E-state index contributed by atoms with van der Waals surface area (Å²) in [5.74, 6) is -1.29. The smallest absolute Gasteiger partial charge is 0.339 e. The highest BCUT2D eigenvalue weighted by atomic mass is 35.5. The zero-order chi connectivity index (χ0) is 19.1. The van der Waals surface area contributed by atoms with Gasteiger partial charge in [-0.1, -0.05) is 17.7 Å². The van der Waals surface area contributed by atoms with E-state index in [1.165, 1.54) is 19.1 Å². The van der Waals surface area contributed by atoms with E-state index >= 15 is 0 Å². The van der Waals surface area contributed by atoms with Gasteiger partial charge in [-0.25, -0.2) is 4.79 Å². The normalized spacial score (nSPS) is 18.7. The number of halogens is 1. The summed E-state index contributed by atoms with van der Waals surface area (Å²) in [5.41, 5.74) is -0.0697. The van der Waals surface area contributed by atoms with Crippen molar-refractivity contribution < 1.29 is 19.2 Å². The highest BCUT2D eigenvalue weighted by molar-refractivity contribution is 6.30. The standard InChI is InChI=1S/C18H15ClN2O5/c1-10-3-6-14(15(7-10)21(24)25)20-17(23)18(2)9-11-8-12(19)4-5-13(11)16(22)26-18/h3-8H,9H2,1-2H3,(H,20,23). The summed E-state index contributed by atoms with van der Waals surface area (Å²) in [6.45, 7) is 3.17. The van der Waals surface area contributed by atoms with Crippen LogP contribution in [0.1, 0.15) is 28.4 Å². The first kappa shape index (κ1) is 17.9. The van der Waals surface area contributed by atoms with Gasteiger partial charge >= 0.3 is 5.97 Å². The minimum Gasteiger partial charge on any atom is -0.445 e. The van der Waals surface area contributed by atoms with Crippen molar-refractivity contribution in [3.63, 3.8) is 0 Å². The first-order chi connectivity index (χ1) is 12.2. The molecule has 1 atom stereocenters. The Balaban J connectivity index is 1.91. The number of nitro benzene ring substituents is 1. The van der Waals surface area contributed by atoms with Crippen LogP contribution in [-0.2, 0) is 16.0 Å². The quantitative estimate of drug-likeness (QED) is 0.502. The van der Waals surface area contributed by atoms with Crippen LogP contribution < -0.4 is 5.32 Å². The first-order valence-corrected chi connectivity index (χ1v) is 8.16. The van der Waals surface area contributed by atoms with E-state index in [0.717, 1.165) is 0 Å². The molecule has 2 aromatic carbocycles. The monoisotopic (exact) mass is 374 g/mol. The fourth-order valence-electron chi connectivity index (χ4n) is 2.85. The molecule has 1 aliphatic heterocycles. The number of hydrogen-bond acceptors (Lipinski definition) is 5. The van der Waals surface area contributed by atoms with E-state index in [2.05, 4.69) is 5.32 Å². The Morgan fingerprint density at radius 2 is 2.04 bits per heavy atom. The van der Waals surface area contributed by atoms with Crippen molar-refractivity contribution in [2.75, 3.05) is 5.32 Å². The second-order valence-corrected chi connectivity index (χ2v) is 6.77. The fraction of sp³-hybridized carbons (Fsp3) is 0.222. The molecule has 0 bridgehead atoms. The molecule has 8 heteroatoms. The number of anilines is 1. The lowest BCUT2D eigenvalue weighted by Crippen LogP contribution is -2.49. The maximum atomic E-state index is 12.7. The van der Waals surface area contributed by atoms with Gasteiger partial charge in [0.2, 0.25) is 0 Å². The van der Waals surface area contributed by atoms with E-state index in [4.69, 9.17) is 16.3 Å². The zero-order valence-corrected chi connectivity index (χ0v) is 14.8. The Hall–Kier alpha value is -2.93. The van der Waals surface area contributed by atoms with Crippen LogP contribution in [0.2, 0.25) is 5.02 Å². The Labute approximate surface area is 154 Å². The molecule has 0 saturated heterocycles. The van der Waals surface area contributed by atoms with Crippen LogP contribution in [0.4, 0.5) is 11.4 Å². The summed E-state index contributed by atoms with van der Waals surface area (Å²) in [7, 11) is 0. The number of esters is 1. The fourth-order valence-corrected chi connectivity index (χ4v) is 3.04. The summed E-state index contributed by atoms with van der Waals surface area (Å²) in [6.07, 6.45) is 0.111. The number of carbonyl (C=O) groups excluding carboxylic acids is 2. The summed E-state index contributed by atoms with van der Waals surface area (Å²) in [5, 5.41) is 14.2. The van der Waals surface area contributed by atoms with Gasteiger partial charge in [-0.3, -0.25) is 14.9 Å². The van der Waals surface area contributed by atoms with Crippen LogP contribution in [0, 0.1) is 17.0 Å². The summed E-state index contributed by atoms with van der Waals surface area (Å²) < 4.78 is 5.33. The maximum absolute atomic E-state index is 12.7. The third kappa shape index (κ3) is 3.25. The van der Waals surface area contributed by atoms with Crippen LogP contribution in [0.25, 0.3) is 0 Å². The predicted molar refractivity (Wildman–Crippen MR) is 95.4 cm³/mol. The zero-order valence-electron chi connectivity index (χ0n) is 14.0. The van der Waals surface area contributed by atoms with Gasteiger partial charge in [-0.05, 0) is 49.2 Å². The lowest BCUT2D eigenvalue weighted by molar-refractivity contribution is -0.384. The van der Waals surface area contributed by atoms with Crippen LogP contribution in [0.3, 0.4) is 0 Å². The molecule has 0 saturated carbocycles. The number of cyclic esters (lactones) is 1. The number of amides is 1. The average molecular weight is 375 g/mol. The molecule has 0 spiro atoms. The summed E-state index contributed by atoms with van der Waals surface area (Å²) in [4.78, 5) is 35.6. The molecule has 1 amide bonds. The number of nitro groups is 1. The molecule has 3 rings (SSSR count). The Bertz CT molecular complexity index is 943. The highest BCUT2D eigenvalue weighted by Gasteiger charge is 2.43. The molecule has 1 aliphatic rings. The number of aryl methyl sites for hydroxylation is 1. The number of benzene rings is 2. The lowest BCUT2D eigenvalue weighted by Gasteiger charge is -2.33. The number of carbonyl (C=O) groups is 2. The number of ether oxygens (including phenoxy) is 1. The number of hydrogen-bond donors (Lipinski definition) is 1. The molecule has 0 aromatic heterocycles. The van der Waals surface area contributed by atoms with E-state index in [0.29, 0.717) is 21.7 Å².